The molecule has 1 rings (SSSR count). The van der Waals surface area contributed by atoms with Gasteiger partial charge in [-0.15, -0.1) is 0 Å². The molecule has 1 amide bonds. The molecule has 0 saturated heterocycles. The van der Waals surface area contributed by atoms with Gasteiger partial charge < -0.3 is 20.5 Å². The number of ether oxygens (including phenoxy) is 1. The van der Waals surface area contributed by atoms with Gasteiger partial charge in [-0.1, -0.05) is 31.9 Å². The number of hydrogen-bond donors (Lipinski definition) is 3. The van der Waals surface area contributed by atoms with E-state index in [2.05, 4.69) is 17.6 Å². The van der Waals surface area contributed by atoms with Crippen LogP contribution in [0.3, 0.4) is 0 Å². The van der Waals surface area contributed by atoms with Crippen LogP contribution >= 0.6 is 0 Å². The maximum Gasteiger partial charge on any atom is 0.407 e. The zero-order valence-corrected chi connectivity index (χ0v) is 15.4. The smallest absolute Gasteiger partial charge is 0.407 e. The van der Waals surface area contributed by atoms with Crippen molar-refractivity contribution in [2.75, 3.05) is 18.4 Å². The molecule has 5 heteroatoms. The van der Waals surface area contributed by atoms with E-state index in [1.807, 2.05) is 45.0 Å². The van der Waals surface area contributed by atoms with Crippen molar-refractivity contribution in [3.05, 3.63) is 29.8 Å². The lowest BCUT2D eigenvalue weighted by Crippen LogP contribution is -2.33. The van der Waals surface area contributed by atoms with Crippen LogP contribution in [0.15, 0.2) is 24.3 Å². The number of aliphatic hydroxyl groups is 1. The van der Waals surface area contributed by atoms with Gasteiger partial charge in [-0.05, 0) is 51.3 Å². The largest absolute Gasteiger partial charge is 0.444 e. The van der Waals surface area contributed by atoms with Crippen LogP contribution in [-0.2, 0) is 4.74 Å². The summed E-state index contributed by atoms with van der Waals surface area (Å²) in [5.41, 5.74) is 1.35. The van der Waals surface area contributed by atoms with E-state index in [0.717, 1.165) is 24.2 Å². The molecule has 0 aliphatic carbocycles. The normalized spacial score (nSPS) is 12.5. The van der Waals surface area contributed by atoms with Crippen molar-refractivity contribution in [1.82, 2.24) is 5.32 Å². The van der Waals surface area contributed by atoms with Gasteiger partial charge in [0.05, 0.1) is 6.10 Å². The Balaban J connectivity index is 2.39. The highest BCUT2D eigenvalue weighted by molar-refractivity contribution is 5.67. The summed E-state index contributed by atoms with van der Waals surface area (Å²) < 4.78 is 5.17. The Morgan fingerprint density at radius 3 is 2.67 bits per heavy atom. The summed E-state index contributed by atoms with van der Waals surface area (Å²) >= 11 is 0. The minimum Gasteiger partial charge on any atom is -0.444 e. The lowest BCUT2D eigenvalue weighted by atomic mass is 10.1. The van der Waals surface area contributed by atoms with Crippen LogP contribution in [0.1, 0.15) is 65.0 Å². The molecular formula is C19H32N2O3. The minimum absolute atomic E-state index is 0.365. The van der Waals surface area contributed by atoms with Crippen LogP contribution in [0, 0.1) is 0 Å². The fraction of sp³-hybridized carbons (Fsp3) is 0.632. The van der Waals surface area contributed by atoms with Crippen molar-refractivity contribution >= 4 is 11.8 Å². The maximum atomic E-state index is 11.6. The fourth-order valence-electron chi connectivity index (χ4n) is 2.26. The Bertz CT molecular complexity index is 498. The molecule has 0 spiro atoms. The number of carbonyl (C=O) groups is 1. The minimum atomic E-state index is -0.614. The van der Waals surface area contributed by atoms with Crippen LogP contribution in [0.25, 0.3) is 0 Å². The number of anilines is 1. The van der Waals surface area contributed by atoms with Crippen molar-refractivity contribution in [2.45, 2.75) is 65.1 Å². The highest BCUT2D eigenvalue weighted by atomic mass is 16.6. The lowest BCUT2D eigenvalue weighted by Gasteiger charge is -2.20. The average molecular weight is 336 g/mol. The topological polar surface area (TPSA) is 70.6 Å². The molecule has 1 unspecified atom stereocenters. The Morgan fingerprint density at radius 1 is 1.25 bits per heavy atom. The fourth-order valence-corrected chi connectivity index (χ4v) is 2.26. The summed E-state index contributed by atoms with van der Waals surface area (Å²) in [6.45, 7) is 8.95. The Hall–Kier alpha value is -1.75. The van der Waals surface area contributed by atoms with Gasteiger partial charge in [0.15, 0.2) is 0 Å². The summed E-state index contributed by atoms with van der Waals surface area (Å²) in [7, 11) is 0. The Kier molecular flexibility index (Phi) is 8.61. The molecule has 0 aliphatic heterocycles. The summed E-state index contributed by atoms with van der Waals surface area (Å²) in [5, 5.41) is 16.3. The molecule has 1 atom stereocenters. The number of carbonyl (C=O) groups excluding carboxylic acids is 1. The van der Waals surface area contributed by atoms with Crippen LogP contribution in [0.4, 0.5) is 10.5 Å². The van der Waals surface area contributed by atoms with Crippen molar-refractivity contribution in [2.24, 2.45) is 0 Å². The summed E-state index contributed by atoms with van der Waals surface area (Å²) in [5.74, 6) is 0. The van der Waals surface area contributed by atoms with Gasteiger partial charge in [-0.2, -0.15) is 0 Å². The molecule has 3 N–H and O–H groups in total. The van der Waals surface area contributed by atoms with Gasteiger partial charge in [-0.3, -0.25) is 0 Å². The summed E-state index contributed by atoms with van der Waals surface area (Å²) in [6.07, 6.45) is 2.93. The predicted octanol–water partition coefficient (Wildman–Crippen LogP) is 4.24. The first kappa shape index (κ1) is 20.3. The van der Waals surface area contributed by atoms with Crippen molar-refractivity contribution in [3.63, 3.8) is 0 Å². The van der Waals surface area contributed by atoms with Gasteiger partial charge in [0, 0.05) is 18.8 Å². The third kappa shape index (κ3) is 8.77. The first-order valence-corrected chi connectivity index (χ1v) is 8.80. The number of rotatable bonds is 9. The number of benzene rings is 1. The number of hydrogen-bond acceptors (Lipinski definition) is 4. The van der Waals surface area contributed by atoms with Gasteiger partial charge in [-0.25, -0.2) is 4.79 Å². The van der Waals surface area contributed by atoms with E-state index in [1.165, 1.54) is 12.8 Å². The third-order valence-electron chi connectivity index (χ3n) is 3.47. The van der Waals surface area contributed by atoms with E-state index in [4.69, 9.17) is 4.74 Å². The maximum absolute atomic E-state index is 11.6. The number of amides is 1. The first-order chi connectivity index (χ1) is 11.3. The lowest BCUT2D eigenvalue weighted by molar-refractivity contribution is 0.0518. The zero-order chi connectivity index (χ0) is 18.0. The highest BCUT2D eigenvalue weighted by Crippen LogP contribution is 2.20. The van der Waals surface area contributed by atoms with Crippen LogP contribution in [0.5, 0.6) is 0 Å². The molecule has 0 radical (unpaired) electrons. The van der Waals surface area contributed by atoms with E-state index in [-0.39, 0.29) is 0 Å². The van der Waals surface area contributed by atoms with Crippen LogP contribution < -0.4 is 10.6 Å². The van der Waals surface area contributed by atoms with Gasteiger partial charge in [0.2, 0.25) is 0 Å². The number of unbranched alkanes of at least 4 members (excludes halogenated alkanes) is 2. The molecular weight excluding hydrogens is 304 g/mol. The van der Waals surface area contributed by atoms with E-state index >= 15 is 0 Å². The van der Waals surface area contributed by atoms with Gasteiger partial charge in [0.1, 0.15) is 5.60 Å². The second-order valence-electron chi connectivity index (χ2n) is 6.99. The van der Waals surface area contributed by atoms with E-state index in [9.17, 15) is 9.90 Å². The van der Waals surface area contributed by atoms with Crippen molar-refractivity contribution in [3.8, 4) is 0 Å². The zero-order valence-electron chi connectivity index (χ0n) is 15.4. The first-order valence-electron chi connectivity index (χ1n) is 8.80. The Labute approximate surface area is 145 Å². The van der Waals surface area contributed by atoms with E-state index in [1.54, 1.807) is 0 Å². The second kappa shape index (κ2) is 10.2. The molecule has 0 bridgehead atoms. The van der Waals surface area contributed by atoms with E-state index in [0.29, 0.717) is 13.0 Å². The number of aliphatic hydroxyl groups excluding tert-OH is 1. The molecule has 0 aliphatic rings. The van der Waals surface area contributed by atoms with Crippen LogP contribution in [-0.4, -0.2) is 29.9 Å². The summed E-state index contributed by atoms with van der Waals surface area (Å²) in [6, 6.07) is 7.79. The van der Waals surface area contributed by atoms with E-state index < -0.39 is 17.8 Å². The molecule has 0 fully saturated rings. The average Bonchev–Trinajstić information content (AvgIpc) is 2.50. The van der Waals surface area contributed by atoms with Crippen molar-refractivity contribution < 1.29 is 14.6 Å². The molecule has 0 saturated carbocycles. The standard InChI is InChI=1S/C19H32N2O3/c1-5-6-7-12-20-16-10-8-9-15(14-16)17(22)11-13-21-18(23)24-19(2,3)4/h8-10,14,17,20,22H,5-7,11-13H2,1-4H3,(H,21,23). The molecule has 0 aromatic heterocycles. The summed E-state index contributed by atoms with van der Waals surface area (Å²) in [4.78, 5) is 11.6. The molecule has 5 nitrogen and oxygen atoms in total. The quantitative estimate of drug-likeness (QED) is 0.590. The predicted molar refractivity (Wildman–Crippen MR) is 98.3 cm³/mol. The highest BCUT2D eigenvalue weighted by Gasteiger charge is 2.16. The number of alkyl carbamates (subject to hydrolysis) is 1. The van der Waals surface area contributed by atoms with Crippen molar-refractivity contribution in [1.29, 1.82) is 0 Å². The number of nitrogens with one attached hydrogen (secondary N) is 2. The molecule has 136 valence electrons. The molecule has 24 heavy (non-hydrogen) atoms. The monoisotopic (exact) mass is 336 g/mol. The van der Waals surface area contributed by atoms with Gasteiger partial charge in [0.25, 0.3) is 0 Å². The Morgan fingerprint density at radius 2 is 2.00 bits per heavy atom. The second-order valence-corrected chi connectivity index (χ2v) is 6.99. The SMILES string of the molecule is CCCCCNc1cccc(C(O)CCNC(=O)OC(C)(C)C)c1. The van der Waals surface area contributed by atoms with Gasteiger partial charge >= 0.3 is 6.09 Å². The third-order valence-corrected chi connectivity index (χ3v) is 3.47. The molecule has 1 aromatic carbocycles. The van der Waals surface area contributed by atoms with Crippen LogP contribution in [0.2, 0.25) is 0 Å². The molecule has 0 heterocycles. The molecule has 1 aromatic rings.